The van der Waals surface area contributed by atoms with Gasteiger partial charge in [0.15, 0.2) is 0 Å². The molecule has 0 bridgehead atoms. The summed E-state index contributed by atoms with van der Waals surface area (Å²) in [4.78, 5) is 10.0. The van der Waals surface area contributed by atoms with Crippen molar-refractivity contribution in [3.63, 3.8) is 0 Å². The first-order valence-corrected chi connectivity index (χ1v) is 5.22. The molecule has 0 saturated heterocycles. The smallest absolute Gasteiger partial charge is 0.327 e. The zero-order chi connectivity index (χ0) is 13.1. The third kappa shape index (κ3) is 2.45. The van der Waals surface area contributed by atoms with Crippen molar-refractivity contribution in [2.24, 2.45) is 7.05 Å². The number of benzene rings is 1. The molecule has 1 N–H and O–H groups in total. The first kappa shape index (κ1) is 12.0. The molecule has 0 fully saturated rings. The van der Waals surface area contributed by atoms with Crippen LogP contribution < -0.4 is 5.32 Å². The van der Waals surface area contributed by atoms with Crippen LogP contribution >= 0.6 is 0 Å². The fourth-order valence-electron chi connectivity index (χ4n) is 1.60. The van der Waals surface area contributed by atoms with Crippen LogP contribution in [0.25, 0.3) is 0 Å². The molecule has 18 heavy (non-hydrogen) atoms. The van der Waals surface area contributed by atoms with Crippen LogP contribution in [0.2, 0.25) is 0 Å². The number of nitro benzene ring substituents is 1. The highest BCUT2D eigenvalue weighted by molar-refractivity contribution is 5.61. The van der Waals surface area contributed by atoms with Crippen LogP contribution in [-0.4, -0.2) is 14.7 Å². The first-order valence-electron chi connectivity index (χ1n) is 5.22. The van der Waals surface area contributed by atoms with Gasteiger partial charge in [0.2, 0.25) is 5.82 Å². The average Bonchev–Trinajstić information content (AvgIpc) is 2.72. The Morgan fingerprint density at radius 2 is 2.33 bits per heavy atom. The second-order valence-corrected chi connectivity index (χ2v) is 3.77. The summed E-state index contributed by atoms with van der Waals surface area (Å²) >= 11 is 0. The summed E-state index contributed by atoms with van der Waals surface area (Å²) < 4.78 is 15.0. The molecular weight excluding hydrogens is 239 g/mol. The molecule has 0 aliphatic rings. The van der Waals surface area contributed by atoms with E-state index < -0.39 is 16.4 Å². The third-order valence-corrected chi connectivity index (χ3v) is 2.41. The van der Waals surface area contributed by atoms with Crippen LogP contribution in [0.1, 0.15) is 5.56 Å². The number of nitrogens with zero attached hydrogens (tertiary/aromatic N) is 3. The minimum absolute atomic E-state index is 0.156. The Hall–Kier alpha value is -2.44. The lowest BCUT2D eigenvalue weighted by Gasteiger charge is -2.05. The quantitative estimate of drug-likeness (QED) is 0.666. The molecule has 0 unspecified atom stereocenters. The second kappa shape index (κ2) is 4.82. The van der Waals surface area contributed by atoms with Gasteiger partial charge in [0.1, 0.15) is 5.69 Å². The summed E-state index contributed by atoms with van der Waals surface area (Å²) in [5, 5.41) is 17.6. The zero-order valence-corrected chi connectivity index (χ0v) is 9.63. The highest BCUT2D eigenvalue weighted by atomic mass is 19.1. The number of rotatable bonds is 4. The summed E-state index contributed by atoms with van der Waals surface area (Å²) in [7, 11) is 1.77. The standard InChI is InChI=1S/C11H11FN4O2/c1-15-7-8(6-14-15)5-13-10-4-2-3-9(12)11(10)16(17)18/h2-4,6-7,13H,5H2,1H3. The molecule has 1 aromatic carbocycles. The van der Waals surface area contributed by atoms with Crippen LogP contribution in [0.5, 0.6) is 0 Å². The van der Waals surface area contributed by atoms with Crippen LogP contribution in [0.3, 0.4) is 0 Å². The molecule has 2 aromatic rings. The van der Waals surface area contributed by atoms with E-state index >= 15 is 0 Å². The normalized spacial score (nSPS) is 10.3. The Labute approximate surface area is 102 Å². The molecule has 94 valence electrons. The van der Waals surface area contributed by atoms with Gasteiger partial charge in [-0.3, -0.25) is 14.8 Å². The number of nitro groups is 1. The molecule has 0 amide bonds. The molecule has 0 spiro atoms. The second-order valence-electron chi connectivity index (χ2n) is 3.77. The van der Waals surface area contributed by atoms with Crippen molar-refractivity contribution >= 4 is 11.4 Å². The van der Waals surface area contributed by atoms with Gasteiger partial charge in [0, 0.05) is 25.4 Å². The van der Waals surface area contributed by atoms with Crippen molar-refractivity contribution < 1.29 is 9.31 Å². The van der Waals surface area contributed by atoms with E-state index in [1.807, 2.05) is 0 Å². The molecule has 0 atom stereocenters. The minimum atomic E-state index is -0.851. The average molecular weight is 250 g/mol. The van der Waals surface area contributed by atoms with E-state index in [1.54, 1.807) is 24.1 Å². The molecule has 1 aromatic heterocycles. The maximum Gasteiger partial charge on any atom is 0.327 e. The Bertz CT molecular complexity index is 582. The Kier molecular flexibility index (Phi) is 3.22. The predicted octanol–water partition coefficient (Wildman–Crippen LogP) is 2.08. The van der Waals surface area contributed by atoms with E-state index in [4.69, 9.17) is 0 Å². The van der Waals surface area contributed by atoms with E-state index in [1.165, 1.54) is 12.1 Å². The van der Waals surface area contributed by atoms with Crippen molar-refractivity contribution in [2.75, 3.05) is 5.32 Å². The topological polar surface area (TPSA) is 73.0 Å². The van der Waals surface area contributed by atoms with Crippen molar-refractivity contribution in [3.05, 3.63) is 52.1 Å². The van der Waals surface area contributed by atoms with Gasteiger partial charge < -0.3 is 5.32 Å². The number of hydrogen-bond donors (Lipinski definition) is 1. The van der Waals surface area contributed by atoms with Crippen LogP contribution in [0.4, 0.5) is 15.8 Å². The number of nitrogens with one attached hydrogen (secondary N) is 1. The number of anilines is 1. The van der Waals surface area contributed by atoms with E-state index in [9.17, 15) is 14.5 Å². The van der Waals surface area contributed by atoms with Crippen molar-refractivity contribution in [2.45, 2.75) is 6.54 Å². The van der Waals surface area contributed by atoms with E-state index in [2.05, 4.69) is 10.4 Å². The highest BCUT2D eigenvalue weighted by Gasteiger charge is 2.19. The molecule has 1 heterocycles. The molecule has 2 rings (SSSR count). The van der Waals surface area contributed by atoms with Gasteiger partial charge in [-0.15, -0.1) is 0 Å². The Morgan fingerprint density at radius 3 is 2.94 bits per heavy atom. The fraction of sp³-hybridized carbons (Fsp3) is 0.182. The largest absolute Gasteiger partial charge is 0.375 e. The molecular formula is C11H11FN4O2. The van der Waals surface area contributed by atoms with Crippen molar-refractivity contribution in [1.29, 1.82) is 0 Å². The number of hydrogen-bond acceptors (Lipinski definition) is 4. The Morgan fingerprint density at radius 1 is 1.56 bits per heavy atom. The molecule has 0 aliphatic heterocycles. The predicted molar refractivity (Wildman–Crippen MR) is 63.6 cm³/mol. The summed E-state index contributed by atoms with van der Waals surface area (Å²) in [6.45, 7) is 0.345. The van der Waals surface area contributed by atoms with Crippen LogP contribution in [0, 0.1) is 15.9 Å². The van der Waals surface area contributed by atoms with E-state index in [-0.39, 0.29) is 5.69 Å². The van der Waals surface area contributed by atoms with Gasteiger partial charge in [-0.25, -0.2) is 0 Å². The van der Waals surface area contributed by atoms with E-state index in [0.29, 0.717) is 6.54 Å². The maximum atomic E-state index is 13.3. The van der Waals surface area contributed by atoms with E-state index in [0.717, 1.165) is 11.6 Å². The molecule has 6 nitrogen and oxygen atoms in total. The SMILES string of the molecule is Cn1cc(CNc2cccc(F)c2[N+](=O)[O-])cn1. The van der Waals surface area contributed by atoms with Gasteiger partial charge in [0.05, 0.1) is 11.1 Å². The molecule has 0 saturated carbocycles. The summed E-state index contributed by atoms with van der Waals surface area (Å²) in [5.74, 6) is -0.851. The summed E-state index contributed by atoms with van der Waals surface area (Å²) in [6, 6.07) is 3.96. The number of halogens is 1. The molecule has 7 heteroatoms. The molecule has 0 aliphatic carbocycles. The van der Waals surface area contributed by atoms with Gasteiger partial charge in [0.25, 0.3) is 0 Å². The highest BCUT2D eigenvalue weighted by Crippen LogP contribution is 2.27. The van der Waals surface area contributed by atoms with Crippen LogP contribution in [-0.2, 0) is 13.6 Å². The van der Waals surface area contributed by atoms with Gasteiger partial charge >= 0.3 is 5.69 Å². The lowest BCUT2D eigenvalue weighted by molar-refractivity contribution is -0.386. The third-order valence-electron chi connectivity index (χ3n) is 2.41. The zero-order valence-electron chi connectivity index (χ0n) is 9.63. The molecule has 0 radical (unpaired) electrons. The van der Waals surface area contributed by atoms with Crippen molar-refractivity contribution in [3.8, 4) is 0 Å². The Balaban J connectivity index is 2.19. The first-order chi connectivity index (χ1) is 8.58. The van der Waals surface area contributed by atoms with Gasteiger partial charge in [-0.2, -0.15) is 9.49 Å². The number of aromatic nitrogens is 2. The maximum absolute atomic E-state index is 13.3. The van der Waals surface area contributed by atoms with Gasteiger partial charge in [-0.05, 0) is 12.1 Å². The number of para-hydroxylation sites is 1. The summed E-state index contributed by atoms with van der Waals surface area (Å²) in [5.41, 5.74) is 0.473. The monoisotopic (exact) mass is 250 g/mol. The lowest BCUT2D eigenvalue weighted by atomic mass is 10.2. The van der Waals surface area contributed by atoms with Gasteiger partial charge in [-0.1, -0.05) is 6.07 Å². The van der Waals surface area contributed by atoms with Crippen molar-refractivity contribution in [1.82, 2.24) is 9.78 Å². The minimum Gasteiger partial charge on any atom is -0.375 e. The summed E-state index contributed by atoms with van der Waals surface area (Å²) in [6.07, 6.45) is 3.41. The number of aryl methyl sites for hydroxylation is 1. The van der Waals surface area contributed by atoms with Crippen LogP contribution in [0.15, 0.2) is 30.6 Å². The lowest BCUT2D eigenvalue weighted by Crippen LogP contribution is -2.03. The fourth-order valence-corrected chi connectivity index (χ4v) is 1.60.